The van der Waals surface area contributed by atoms with Crippen LogP contribution in [0.3, 0.4) is 0 Å². The Morgan fingerprint density at radius 1 is 1.35 bits per heavy atom. The van der Waals surface area contributed by atoms with Crippen LogP contribution >= 0.6 is 0 Å². The number of anilines is 1. The largest absolute Gasteiger partial charge is 0.309 e. The van der Waals surface area contributed by atoms with Crippen molar-refractivity contribution >= 4 is 17.4 Å². The topological polar surface area (TPSA) is 101 Å². The van der Waals surface area contributed by atoms with Crippen molar-refractivity contribution in [2.75, 3.05) is 5.32 Å². The smallest absolute Gasteiger partial charge is 0.270 e. The van der Waals surface area contributed by atoms with E-state index in [1.54, 1.807) is 18.2 Å². The molecule has 0 aliphatic rings. The van der Waals surface area contributed by atoms with Gasteiger partial charge in [-0.3, -0.25) is 20.0 Å². The van der Waals surface area contributed by atoms with Gasteiger partial charge in [0.05, 0.1) is 10.6 Å². The van der Waals surface area contributed by atoms with Gasteiger partial charge in [0, 0.05) is 30.2 Å². The zero-order valence-corrected chi connectivity index (χ0v) is 13.4. The molecule has 1 unspecified atom stereocenters. The van der Waals surface area contributed by atoms with Crippen LogP contribution in [0.5, 0.6) is 0 Å². The van der Waals surface area contributed by atoms with Gasteiger partial charge in [0.15, 0.2) is 5.82 Å². The number of non-ortho nitro benzene ring substituents is 1. The van der Waals surface area contributed by atoms with Crippen LogP contribution in [0.2, 0.25) is 0 Å². The van der Waals surface area contributed by atoms with Gasteiger partial charge in [-0.2, -0.15) is 5.10 Å². The monoisotopic (exact) mass is 316 g/mol. The minimum absolute atomic E-state index is 0.00782. The van der Waals surface area contributed by atoms with Gasteiger partial charge >= 0.3 is 0 Å². The summed E-state index contributed by atoms with van der Waals surface area (Å²) in [6.45, 7) is 6.18. The van der Waals surface area contributed by atoms with Crippen LogP contribution in [0, 0.1) is 22.0 Å². The number of H-pyrrole nitrogens is 1. The maximum atomic E-state index is 12.0. The molecule has 122 valence electrons. The van der Waals surface area contributed by atoms with E-state index in [0.717, 1.165) is 0 Å². The molecule has 1 amide bonds. The van der Waals surface area contributed by atoms with E-state index in [-0.39, 0.29) is 17.5 Å². The summed E-state index contributed by atoms with van der Waals surface area (Å²) in [6, 6.07) is 7.90. The van der Waals surface area contributed by atoms with Crippen molar-refractivity contribution < 1.29 is 9.72 Å². The quantitative estimate of drug-likeness (QED) is 0.628. The van der Waals surface area contributed by atoms with E-state index in [9.17, 15) is 14.9 Å². The second-order valence-electron chi connectivity index (χ2n) is 5.95. The van der Waals surface area contributed by atoms with E-state index in [1.807, 2.05) is 6.92 Å². The highest BCUT2D eigenvalue weighted by Crippen LogP contribution is 2.24. The van der Waals surface area contributed by atoms with E-state index in [0.29, 0.717) is 29.4 Å². The highest BCUT2D eigenvalue weighted by atomic mass is 16.6. The lowest BCUT2D eigenvalue weighted by Gasteiger charge is -2.13. The number of nitro groups is 1. The molecule has 23 heavy (non-hydrogen) atoms. The van der Waals surface area contributed by atoms with Crippen LogP contribution < -0.4 is 5.32 Å². The van der Waals surface area contributed by atoms with Crippen LogP contribution in [0.4, 0.5) is 11.5 Å². The molecule has 0 spiro atoms. The van der Waals surface area contributed by atoms with Gasteiger partial charge in [0.1, 0.15) is 0 Å². The van der Waals surface area contributed by atoms with Gasteiger partial charge in [-0.15, -0.1) is 0 Å². The Morgan fingerprint density at radius 3 is 2.74 bits per heavy atom. The number of nitrogens with zero attached hydrogens (tertiary/aromatic N) is 2. The third-order valence-corrected chi connectivity index (χ3v) is 3.86. The van der Waals surface area contributed by atoms with Gasteiger partial charge in [0.2, 0.25) is 5.91 Å². The number of rotatable bonds is 6. The SMILES string of the molecule is CC(C)C(C)CC(=O)Nc1cc(-c2cccc([N+](=O)[O-])c2)[nH]n1. The summed E-state index contributed by atoms with van der Waals surface area (Å²) >= 11 is 0. The highest BCUT2D eigenvalue weighted by molar-refractivity contribution is 5.90. The lowest BCUT2D eigenvalue weighted by atomic mass is 9.94. The van der Waals surface area contributed by atoms with Crippen LogP contribution in [0.15, 0.2) is 30.3 Å². The summed E-state index contributed by atoms with van der Waals surface area (Å²) < 4.78 is 0. The number of nitrogens with one attached hydrogen (secondary N) is 2. The lowest BCUT2D eigenvalue weighted by Crippen LogP contribution is -2.18. The van der Waals surface area contributed by atoms with Gasteiger partial charge in [-0.1, -0.05) is 32.9 Å². The van der Waals surface area contributed by atoms with Crippen LogP contribution in [-0.2, 0) is 4.79 Å². The molecule has 2 aromatic rings. The first-order valence-electron chi connectivity index (χ1n) is 7.47. The van der Waals surface area contributed by atoms with E-state index in [1.165, 1.54) is 12.1 Å². The molecule has 0 radical (unpaired) electrons. The van der Waals surface area contributed by atoms with Crippen LogP contribution in [-0.4, -0.2) is 21.0 Å². The van der Waals surface area contributed by atoms with Crippen molar-refractivity contribution in [2.24, 2.45) is 11.8 Å². The molecule has 1 aromatic carbocycles. The summed E-state index contributed by atoms with van der Waals surface area (Å²) in [4.78, 5) is 22.3. The fraction of sp³-hybridized carbons (Fsp3) is 0.375. The summed E-state index contributed by atoms with van der Waals surface area (Å²) in [7, 11) is 0. The molecule has 0 fully saturated rings. The molecule has 0 aliphatic carbocycles. The van der Waals surface area contributed by atoms with E-state index >= 15 is 0 Å². The highest BCUT2D eigenvalue weighted by Gasteiger charge is 2.14. The van der Waals surface area contributed by atoms with Gasteiger partial charge in [-0.05, 0) is 11.8 Å². The molecule has 0 aliphatic heterocycles. The first kappa shape index (κ1) is 16.7. The fourth-order valence-electron chi connectivity index (χ4n) is 2.04. The molecule has 0 bridgehead atoms. The van der Waals surface area contributed by atoms with Crippen molar-refractivity contribution in [3.8, 4) is 11.3 Å². The van der Waals surface area contributed by atoms with E-state index < -0.39 is 4.92 Å². The molecule has 2 N–H and O–H groups in total. The number of nitro benzene ring substituents is 1. The van der Waals surface area contributed by atoms with Crippen molar-refractivity contribution in [1.82, 2.24) is 10.2 Å². The van der Waals surface area contributed by atoms with E-state index in [2.05, 4.69) is 29.4 Å². The Bertz CT molecular complexity index is 709. The summed E-state index contributed by atoms with van der Waals surface area (Å²) in [5.74, 6) is 1.03. The first-order chi connectivity index (χ1) is 10.9. The maximum absolute atomic E-state index is 12.0. The van der Waals surface area contributed by atoms with E-state index in [4.69, 9.17) is 0 Å². The molecule has 7 heteroatoms. The van der Waals surface area contributed by atoms with Crippen LogP contribution in [0.1, 0.15) is 27.2 Å². The molecule has 2 rings (SSSR count). The molecular weight excluding hydrogens is 296 g/mol. The summed E-state index contributed by atoms with van der Waals surface area (Å²) in [6.07, 6.45) is 0.427. The van der Waals surface area contributed by atoms with Crippen molar-refractivity contribution in [2.45, 2.75) is 27.2 Å². The number of aromatic nitrogens is 2. The number of hydrogen-bond acceptors (Lipinski definition) is 4. The standard InChI is InChI=1S/C16H20N4O3/c1-10(2)11(3)7-16(21)17-15-9-14(18-19-15)12-5-4-6-13(8-12)20(22)23/h4-6,8-11H,7H2,1-3H3,(H2,17,18,19,21). The number of benzene rings is 1. The minimum Gasteiger partial charge on any atom is -0.309 e. The average molecular weight is 316 g/mol. The molecular formula is C16H20N4O3. The number of carbonyl (C=O) groups is 1. The summed E-state index contributed by atoms with van der Waals surface area (Å²) in [5, 5.41) is 20.4. The molecule has 1 heterocycles. The van der Waals surface area contributed by atoms with Gasteiger partial charge in [-0.25, -0.2) is 0 Å². The van der Waals surface area contributed by atoms with Crippen molar-refractivity contribution in [3.05, 3.63) is 40.4 Å². The molecule has 0 saturated heterocycles. The zero-order valence-electron chi connectivity index (χ0n) is 13.4. The molecule has 7 nitrogen and oxygen atoms in total. The number of hydrogen-bond donors (Lipinski definition) is 2. The number of carbonyl (C=O) groups excluding carboxylic acids is 1. The second-order valence-corrected chi connectivity index (χ2v) is 5.95. The lowest BCUT2D eigenvalue weighted by molar-refractivity contribution is -0.384. The van der Waals surface area contributed by atoms with Gasteiger partial charge < -0.3 is 5.32 Å². The first-order valence-corrected chi connectivity index (χ1v) is 7.47. The molecule has 1 atom stereocenters. The molecule has 0 saturated carbocycles. The van der Waals surface area contributed by atoms with Crippen molar-refractivity contribution in [1.29, 1.82) is 0 Å². The Morgan fingerprint density at radius 2 is 2.09 bits per heavy atom. The third-order valence-electron chi connectivity index (χ3n) is 3.86. The predicted molar refractivity (Wildman–Crippen MR) is 87.9 cm³/mol. The zero-order chi connectivity index (χ0) is 17.0. The predicted octanol–water partition coefficient (Wildman–Crippen LogP) is 3.61. The second kappa shape index (κ2) is 7.04. The fourth-order valence-corrected chi connectivity index (χ4v) is 2.04. The number of amides is 1. The Hall–Kier alpha value is -2.70. The van der Waals surface area contributed by atoms with Crippen LogP contribution in [0.25, 0.3) is 11.3 Å². The molecule has 1 aromatic heterocycles. The Balaban J connectivity index is 2.07. The van der Waals surface area contributed by atoms with Crippen molar-refractivity contribution in [3.63, 3.8) is 0 Å². The number of aromatic amines is 1. The Labute approximate surface area is 134 Å². The minimum atomic E-state index is -0.449. The summed E-state index contributed by atoms with van der Waals surface area (Å²) in [5.41, 5.74) is 1.26. The average Bonchev–Trinajstić information content (AvgIpc) is 2.95. The normalized spacial score (nSPS) is 12.2. The van der Waals surface area contributed by atoms with Gasteiger partial charge in [0.25, 0.3) is 5.69 Å². The Kier molecular flexibility index (Phi) is 5.10. The third kappa shape index (κ3) is 4.38. The maximum Gasteiger partial charge on any atom is 0.270 e.